The van der Waals surface area contributed by atoms with Crippen molar-refractivity contribution in [2.45, 2.75) is 25.5 Å². The number of halogens is 3. The number of ether oxygens (including phenoxy) is 1. The molecule has 0 saturated heterocycles. The predicted octanol–water partition coefficient (Wildman–Crippen LogP) is 3.96. The molecule has 112 valence electrons. The lowest BCUT2D eigenvalue weighted by Gasteiger charge is -2.25. The number of nitrogens with two attached hydrogens (primary N) is 1. The Morgan fingerprint density at radius 2 is 1.71 bits per heavy atom. The minimum absolute atomic E-state index is 0.103. The Balaban J connectivity index is 2.33. The average molecular weight is 295 g/mol. The van der Waals surface area contributed by atoms with Crippen LogP contribution in [0.25, 0.3) is 0 Å². The van der Waals surface area contributed by atoms with Crippen LogP contribution in [0.1, 0.15) is 25.0 Å². The SMILES string of the molecule is CCC(N)C(Oc1ccc(F)c(F)c1)c1ccccc1F. The molecule has 5 heteroatoms. The molecule has 21 heavy (non-hydrogen) atoms. The van der Waals surface area contributed by atoms with Gasteiger partial charge in [0, 0.05) is 17.7 Å². The molecule has 0 spiro atoms. The van der Waals surface area contributed by atoms with Crippen molar-refractivity contribution in [3.63, 3.8) is 0 Å². The van der Waals surface area contributed by atoms with Crippen LogP contribution in [0.2, 0.25) is 0 Å². The number of hydrogen-bond donors (Lipinski definition) is 1. The van der Waals surface area contributed by atoms with E-state index in [9.17, 15) is 13.2 Å². The van der Waals surface area contributed by atoms with E-state index in [4.69, 9.17) is 10.5 Å². The second-order valence-corrected chi connectivity index (χ2v) is 4.71. The molecule has 0 saturated carbocycles. The summed E-state index contributed by atoms with van der Waals surface area (Å²) in [6, 6.07) is 8.79. The van der Waals surface area contributed by atoms with E-state index in [1.807, 2.05) is 6.92 Å². The van der Waals surface area contributed by atoms with E-state index in [0.29, 0.717) is 6.42 Å². The Morgan fingerprint density at radius 3 is 2.33 bits per heavy atom. The lowest BCUT2D eigenvalue weighted by Crippen LogP contribution is -2.32. The maximum atomic E-state index is 13.9. The highest BCUT2D eigenvalue weighted by Gasteiger charge is 2.23. The van der Waals surface area contributed by atoms with E-state index in [0.717, 1.165) is 12.1 Å². The molecule has 0 aromatic heterocycles. The molecule has 2 atom stereocenters. The standard InChI is InChI=1S/C16H16F3NO/c1-2-15(20)16(11-5-3-4-6-12(11)17)21-10-7-8-13(18)14(19)9-10/h3-9,15-16H,2,20H2,1H3. The summed E-state index contributed by atoms with van der Waals surface area (Å²) in [4.78, 5) is 0. The van der Waals surface area contributed by atoms with Crippen LogP contribution >= 0.6 is 0 Å². The third kappa shape index (κ3) is 3.55. The summed E-state index contributed by atoms with van der Waals surface area (Å²) >= 11 is 0. The smallest absolute Gasteiger partial charge is 0.162 e. The Labute approximate surface area is 121 Å². The van der Waals surface area contributed by atoms with Crippen molar-refractivity contribution in [2.75, 3.05) is 0 Å². The van der Waals surface area contributed by atoms with Gasteiger partial charge in [-0.05, 0) is 24.6 Å². The lowest BCUT2D eigenvalue weighted by atomic mass is 10.00. The normalized spacial score (nSPS) is 13.8. The summed E-state index contributed by atoms with van der Waals surface area (Å²) in [5.41, 5.74) is 6.26. The van der Waals surface area contributed by atoms with Gasteiger partial charge in [-0.3, -0.25) is 0 Å². The molecule has 2 unspecified atom stereocenters. The number of hydrogen-bond acceptors (Lipinski definition) is 2. The fraction of sp³-hybridized carbons (Fsp3) is 0.250. The van der Waals surface area contributed by atoms with Crippen molar-refractivity contribution >= 4 is 0 Å². The first-order chi connectivity index (χ1) is 10.0. The summed E-state index contributed by atoms with van der Waals surface area (Å²) in [6.07, 6.45) is -0.232. The largest absolute Gasteiger partial charge is 0.484 e. The molecular formula is C16H16F3NO. The molecule has 0 aliphatic heterocycles. The molecule has 2 nitrogen and oxygen atoms in total. The van der Waals surface area contributed by atoms with Crippen LogP contribution in [-0.4, -0.2) is 6.04 Å². The highest BCUT2D eigenvalue weighted by atomic mass is 19.2. The zero-order chi connectivity index (χ0) is 15.4. The first-order valence-electron chi connectivity index (χ1n) is 6.64. The van der Waals surface area contributed by atoms with Crippen LogP contribution in [0.4, 0.5) is 13.2 Å². The van der Waals surface area contributed by atoms with Crippen LogP contribution in [-0.2, 0) is 0 Å². The van der Waals surface area contributed by atoms with Crippen LogP contribution in [0, 0.1) is 17.5 Å². The molecule has 2 rings (SSSR count). The number of benzene rings is 2. The Bertz CT molecular complexity index is 618. The van der Waals surface area contributed by atoms with E-state index < -0.39 is 29.6 Å². The summed E-state index contributed by atoms with van der Waals surface area (Å²) < 4.78 is 45.7. The van der Waals surface area contributed by atoms with Gasteiger partial charge in [-0.1, -0.05) is 25.1 Å². The van der Waals surface area contributed by atoms with E-state index in [1.165, 1.54) is 12.1 Å². The molecule has 0 amide bonds. The van der Waals surface area contributed by atoms with Crippen molar-refractivity contribution in [3.8, 4) is 5.75 Å². The van der Waals surface area contributed by atoms with Gasteiger partial charge in [0.05, 0.1) is 0 Å². The van der Waals surface area contributed by atoms with Gasteiger partial charge < -0.3 is 10.5 Å². The monoisotopic (exact) mass is 295 g/mol. The van der Waals surface area contributed by atoms with Crippen LogP contribution in [0.5, 0.6) is 5.75 Å². The predicted molar refractivity (Wildman–Crippen MR) is 74.4 cm³/mol. The van der Waals surface area contributed by atoms with Crippen LogP contribution in [0.15, 0.2) is 42.5 Å². The second kappa shape index (κ2) is 6.63. The zero-order valence-corrected chi connectivity index (χ0v) is 11.5. The maximum absolute atomic E-state index is 13.9. The highest BCUT2D eigenvalue weighted by molar-refractivity contribution is 5.27. The van der Waals surface area contributed by atoms with Crippen LogP contribution in [0.3, 0.4) is 0 Å². The van der Waals surface area contributed by atoms with E-state index in [1.54, 1.807) is 18.2 Å². The lowest BCUT2D eigenvalue weighted by molar-refractivity contribution is 0.165. The minimum Gasteiger partial charge on any atom is -0.484 e. The first-order valence-corrected chi connectivity index (χ1v) is 6.64. The van der Waals surface area contributed by atoms with Gasteiger partial charge in [0.15, 0.2) is 11.6 Å². The fourth-order valence-electron chi connectivity index (χ4n) is 2.00. The fourth-order valence-corrected chi connectivity index (χ4v) is 2.00. The molecule has 0 heterocycles. The van der Waals surface area contributed by atoms with Gasteiger partial charge in [-0.25, -0.2) is 13.2 Å². The molecule has 2 N–H and O–H groups in total. The molecule has 0 fully saturated rings. The van der Waals surface area contributed by atoms with Crippen molar-refractivity contribution in [1.82, 2.24) is 0 Å². The summed E-state index contributed by atoms with van der Waals surface area (Å²) in [5.74, 6) is -2.34. The van der Waals surface area contributed by atoms with Gasteiger partial charge in [-0.15, -0.1) is 0 Å². The number of rotatable bonds is 5. The third-order valence-electron chi connectivity index (χ3n) is 3.23. The van der Waals surface area contributed by atoms with Gasteiger partial charge in [-0.2, -0.15) is 0 Å². The van der Waals surface area contributed by atoms with Gasteiger partial charge in [0.25, 0.3) is 0 Å². The Morgan fingerprint density at radius 1 is 1.00 bits per heavy atom. The van der Waals surface area contributed by atoms with Gasteiger partial charge >= 0.3 is 0 Å². The van der Waals surface area contributed by atoms with Crippen molar-refractivity contribution in [1.29, 1.82) is 0 Å². The first kappa shape index (κ1) is 15.4. The second-order valence-electron chi connectivity index (χ2n) is 4.71. The maximum Gasteiger partial charge on any atom is 0.162 e. The highest BCUT2D eigenvalue weighted by Crippen LogP contribution is 2.28. The molecule has 0 aliphatic carbocycles. The molecule has 2 aromatic carbocycles. The van der Waals surface area contributed by atoms with Crippen molar-refractivity contribution in [3.05, 3.63) is 65.5 Å². The summed E-state index contributed by atoms with van der Waals surface area (Å²) in [6.45, 7) is 1.84. The average Bonchev–Trinajstić information content (AvgIpc) is 2.48. The molecular weight excluding hydrogens is 279 g/mol. The summed E-state index contributed by atoms with van der Waals surface area (Å²) in [5, 5.41) is 0. The van der Waals surface area contributed by atoms with Crippen molar-refractivity contribution < 1.29 is 17.9 Å². The Hall–Kier alpha value is -2.01. The van der Waals surface area contributed by atoms with Gasteiger partial charge in [0.2, 0.25) is 0 Å². The van der Waals surface area contributed by atoms with E-state index >= 15 is 0 Å². The third-order valence-corrected chi connectivity index (χ3v) is 3.23. The van der Waals surface area contributed by atoms with Gasteiger partial charge in [0.1, 0.15) is 17.7 Å². The quantitative estimate of drug-likeness (QED) is 0.906. The molecule has 0 bridgehead atoms. The molecule has 2 aromatic rings. The van der Waals surface area contributed by atoms with Crippen LogP contribution < -0.4 is 10.5 Å². The Kier molecular flexibility index (Phi) is 4.85. The van der Waals surface area contributed by atoms with E-state index in [-0.39, 0.29) is 11.3 Å². The zero-order valence-electron chi connectivity index (χ0n) is 11.5. The topological polar surface area (TPSA) is 35.2 Å². The van der Waals surface area contributed by atoms with Crippen molar-refractivity contribution in [2.24, 2.45) is 5.73 Å². The summed E-state index contributed by atoms with van der Waals surface area (Å²) in [7, 11) is 0. The molecule has 0 aliphatic rings. The minimum atomic E-state index is -1.02. The van der Waals surface area contributed by atoms with E-state index in [2.05, 4.69) is 0 Å². The molecule has 0 radical (unpaired) electrons.